The Morgan fingerprint density at radius 3 is 2.38 bits per heavy atom. The van der Waals surface area contributed by atoms with Crippen LogP contribution in [0, 0.1) is 0 Å². The number of hydrogen-bond acceptors (Lipinski definition) is 5. The van der Waals surface area contributed by atoms with E-state index >= 15 is 0 Å². The summed E-state index contributed by atoms with van der Waals surface area (Å²) < 4.78 is 33.2. The van der Waals surface area contributed by atoms with Crippen LogP contribution in [0.4, 0.5) is 5.69 Å². The second kappa shape index (κ2) is 10.5. The molecule has 0 aromatic heterocycles. The molecule has 152 valence electrons. The van der Waals surface area contributed by atoms with E-state index in [4.69, 9.17) is 10.6 Å². The van der Waals surface area contributed by atoms with E-state index in [1.807, 2.05) is 24.3 Å². The van der Waals surface area contributed by atoms with Crippen molar-refractivity contribution in [2.75, 3.05) is 11.3 Å². The lowest BCUT2D eigenvalue weighted by molar-refractivity contribution is 0.322. The van der Waals surface area contributed by atoms with Gasteiger partial charge in [0, 0.05) is 12.5 Å². The molecule has 3 rings (SSSR count). The summed E-state index contributed by atoms with van der Waals surface area (Å²) >= 11 is 0. The van der Waals surface area contributed by atoms with Crippen molar-refractivity contribution in [3.05, 3.63) is 90.0 Å². The molecule has 29 heavy (non-hydrogen) atoms. The minimum absolute atomic E-state index is 0. The summed E-state index contributed by atoms with van der Waals surface area (Å²) in [5, 5.41) is 3.49. The highest BCUT2D eigenvalue weighted by molar-refractivity contribution is 7.92. The molecule has 0 saturated heterocycles. The predicted molar refractivity (Wildman–Crippen MR) is 118 cm³/mol. The fourth-order valence-corrected chi connectivity index (χ4v) is 3.68. The highest BCUT2D eigenvalue weighted by atomic mass is 35.5. The van der Waals surface area contributed by atoms with Gasteiger partial charge in [0.2, 0.25) is 0 Å². The third-order valence-electron chi connectivity index (χ3n) is 4.00. The first-order chi connectivity index (χ1) is 13.6. The first-order valence-corrected chi connectivity index (χ1v) is 10.2. The van der Waals surface area contributed by atoms with Crippen LogP contribution in [-0.2, 0) is 16.4 Å². The van der Waals surface area contributed by atoms with Crippen molar-refractivity contribution in [2.24, 2.45) is 10.9 Å². The predicted octanol–water partition coefficient (Wildman–Crippen LogP) is 3.82. The molecule has 3 aromatic rings. The molecule has 0 heterocycles. The molecule has 0 spiro atoms. The van der Waals surface area contributed by atoms with Gasteiger partial charge in [-0.3, -0.25) is 4.72 Å². The van der Waals surface area contributed by atoms with Gasteiger partial charge in [-0.25, -0.2) is 8.42 Å². The summed E-state index contributed by atoms with van der Waals surface area (Å²) in [6.07, 6.45) is 2.31. The summed E-state index contributed by atoms with van der Waals surface area (Å²) in [5.74, 6) is 5.73. The highest BCUT2D eigenvalue weighted by Gasteiger charge is 2.13. The smallest absolute Gasteiger partial charge is 0.261 e. The Hall–Kier alpha value is -3.03. The molecule has 0 radical (unpaired) electrons. The van der Waals surface area contributed by atoms with Crippen molar-refractivity contribution in [1.82, 2.24) is 0 Å². The van der Waals surface area contributed by atoms with Crippen LogP contribution in [0.15, 0.2) is 88.9 Å². The van der Waals surface area contributed by atoms with Gasteiger partial charge < -0.3 is 10.6 Å². The number of hydrazone groups is 1. The Labute approximate surface area is 176 Å². The van der Waals surface area contributed by atoms with E-state index in [0.29, 0.717) is 18.0 Å². The van der Waals surface area contributed by atoms with Gasteiger partial charge in [0.25, 0.3) is 10.0 Å². The Kier molecular flexibility index (Phi) is 8.06. The second-order valence-corrected chi connectivity index (χ2v) is 7.75. The molecule has 0 aliphatic carbocycles. The number of benzene rings is 3. The highest BCUT2D eigenvalue weighted by Crippen LogP contribution is 2.21. The van der Waals surface area contributed by atoms with Crippen LogP contribution in [0.5, 0.6) is 5.75 Å². The van der Waals surface area contributed by atoms with Gasteiger partial charge in [0.1, 0.15) is 5.75 Å². The summed E-state index contributed by atoms with van der Waals surface area (Å²) in [5.41, 5.74) is 2.51. The Morgan fingerprint density at radius 1 is 0.966 bits per heavy atom. The van der Waals surface area contributed by atoms with E-state index in [0.717, 1.165) is 17.5 Å². The normalized spacial score (nSPS) is 11.0. The standard InChI is InChI=1S/C21H21N3O3S.ClH/c22-23-16-18-11-9-17(10-12-18)13-14-27-20-6-4-5-19(15-20)24-28(25,26)21-7-2-1-3-8-21;/h1-12,15-16,24H,13-14,22H2;1H/b23-16-;. The zero-order valence-corrected chi connectivity index (χ0v) is 17.2. The van der Waals surface area contributed by atoms with E-state index in [1.165, 1.54) is 0 Å². The van der Waals surface area contributed by atoms with E-state index in [9.17, 15) is 8.42 Å². The number of rotatable bonds is 8. The van der Waals surface area contributed by atoms with Gasteiger partial charge in [-0.15, -0.1) is 12.4 Å². The minimum Gasteiger partial charge on any atom is -0.493 e. The van der Waals surface area contributed by atoms with Crippen molar-refractivity contribution >= 4 is 34.3 Å². The number of sulfonamides is 1. The monoisotopic (exact) mass is 431 g/mol. The van der Waals surface area contributed by atoms with Crippen LogP contribution in [0.3, 0.4) is 0 Å². The first kappa shape index (κ1) is 22.3. The Balaban J connectivity index is 0.00000300. The van der Waals surface area contributed by atoms with Gasteiger partial charge in [-0.1, -0.05) is 48.5 Å². The van der Waals surface area contributed by atoms with Gasteiger partial charge in [-0.05, 0) is 35.4 Å². The number of nitrogens with zero attached hydrogens (tertiary/aromatic N) is 1. The molecule has 0 atom stereocenters. The molecule has 0 aliphatic rings. The number of ether oxygens (including phenoxy) is 1. The van der Waals surface area contributed by atoms with Crippen molar-refractivity contribution in [2.45, 2.75) is 11.3 Å². The third kappa shape index (κ3) is 6.51. The molecule has 0 fully saturated rings. The fraction of sp³-hybridized carbons (Fsp3) is 0.0952. The van der Waals surface area contributed by atoms with Gasteiger partial charge in [0.05, 0.1) is 23.4 Å². The van der Waals surface area contributed by atoms with Crippen LogP contribution in [0.25, 0.3) is 0 Å². The largest absolute Gasteiger partial charge is 0.493 e. The van der Waals surface area contributed by atoms with Crippen molar-refractivity contribution < 1.29 is 13.2 Å². The second-order valence-electron chi connectivity index (χ2n) is 6.06. The zero-order valence-electron chi connectivity index (χ0n) is 15.6. The SMILES string of the molecule is Cl.N/N=C\c1ccc(CCOc2cccc(NS(=O)(=O)c3ccccc3)c2)cc1. The summed E-state index contributed by atoms with van der Waals surface area (Å²) in [6.45, 7) is 0.471. The van der Waals surface area contributed by atoms with Crippen molar-refractivity contribution in [3.63, 3.8) is 0 Å². The number of nitrogens with one attached hydrogen (secondary N) is 1. The minimum atomic E-state index is -3.63. The lowest BCUT2D eigenvalue weighted by Gasteiger charge is -2.11. The number of nitrogens with two attached hydrogens (primary N) is 1. The first-order valence-electron chi connectivity index (χ1n) is 8.70. The Bertz CT molecular complexity index is 1040. The lowest BCUT2D eigenvalue weighted by Crippen LogP contribution is -2.12. The molecule has 0 unspecified atom stereocenters. The third-order valence-corrected chi connectivity index (χ3v) is 5.40. The van der Waals surface area contributed by atoms with Crippen LogP contribution in [0.1, 0.15) is 11.1 Å². The summed E-state index contributed by atoms with van der Waals surface area (Å²) in [4.78, 5) is 0.212. The fourth-order valence-electron chi connectivity index (χ4n) is 2.61. The van der Waals surface area contributed by atoms with Gasteiger partial charge in [-0.2, -0.15) is 5.10 Å². The van der Waals surface area contributed by atoms with E-state index in [1.54, 1.807) is 60.8 Å². The topological polar surface area (TPSA) is 93.8 Å². The maximum Gasteiger partial charge on any atom is 0.261 e. The molecule has 0 aliphatic heterocycles. The van der Waals surface area contributed by atoms with Gasteiger partial charge in [0.15, 0.2) is 0 Å². The molecule has 3 N–H and O–H groups in total. The van der Waals surface area contributed by atoms with Crippen molar-refractivity contribution in [3.8, 4) is 5.75 Å². The zero-order chi connectivity index (χ0) is 19.8. The van der Waals surface area contributed by atoms with Crippen LogP contribution >= 0.6 is 12.4 Å². The molecular formula is C21H22ClN3O3S. The molecule has 3 aromatic carbocycles. The summed E-state index contributed by atoms with van der Waals surface area (Å²) in [7, 11) is -3.63. The quantitative estimate of drug-likeness (QED) is 0.322. The lowest BCUT2D eigenvalue weighted by atomic mass is 10.1. The average Bonchev–Trinajstić information content (AvgIpc) is 2.70. The molecule has 0 amide bonds. The number of hydrogen-bond donors (Lipinski definition) is 2. The van der Waals surface area contributed by atoms with E-state index in [-0.39, 0.29) is 17.3 Å². The molecule has 6 nitrogen and oxygen atoms in total. The molecule has 0 saturated carbocycles. The molecule has 8 heteroatoms. The van der Waals surface area contributed by atoms with Crippen LogP contribution in [0.2, 0.25) is 0 Å². The number of anilines is 1. The van der Waals surface area contributed by atoms with E-state index < -0.39 is 10.0 Å². The molecular weight excluding hydrogens is 410 g/mol. The maximum atomic E-state index is 12.4. The van der Waals surface area contributed by atoms with Crippen LogP contribution < -0.4 is 15.3 Å². The number of halogens is 1. The Morgan fingerprint density at radius 2 is 1.69 bits per heavy atom. The van der Waals surface area contributed by atoms with Crippen molar-refractivity contribution in [1.29, 1.82) is 0 Å². The molecule has 0 bridgehead atoms. The van der Waals surface area contributed by atoms with Crippen LogP contribution in [-0.4, -0.2) is 21.2 Å². The summed E-state index contributed by atoms with van der Waals surface area (Å²) in [6, 6.07) is 23.0. The van der Waals surface area contributed by atoms with E-state index in [2.05, 4.69) is 9.82 Å². The van der Waals surface area contributed by atoms with Gasteiger partial charge >= 0.3 is 0 Å². The maximum absolute atomic E-state index is 12.4. The average molecular weight is 432 g/mol.